The zero-order valence-electron chi connectivity index (χ0n) is 7.65. The Kier molecular flexibility index (Phi) is 2.11. The van der Waals surface area contributed by atoms with Crippen molar-refractivity contribution in [1.82, 2.24) is 0 Å². The highest BCUT2D eigenvalue weighted by molar-refractivity contribution is 5.93. The fourth-order valence-electron chi connectivity index (χ4n) is 0.822. The van der Waals surface area contributed by atoms with Crippen molar-refractivity contribution in [1.29, 1.82) is 0 Å². The van der Waals surface area contributed by atoms with E-state index in [1.807, 2.05) is 0 Å². The summed E-state index contributed by atoms with van der Waals surface area (Å²) in [6.45, 7) is 0. The highest BCUT2D eigenvalue weighted by Crippen LogP contribution is 2.30. The van der Waals surface area contributed by atoms with E-state index in [1.54, 1.807) is 0 Å². The summed E-state index contributed by atoms with van der Waals surface area (Å²) in [5, 5.41) is 0. The number of carbonyl (C=O) groups excluding carboxylic acids is 1. The highest BCUT2D eigenvalue weighted by Gasteiger charge is 2.31. The molecule has 1 rings (SSSR count). The molecule has 1 aromatic rings. The molecule has 0 saturated carbocycles. The number of hydrogen-bond acceptors (Lipinski definition) is 1. The average Bonchev–Trinajstić information content (AvgIpc) is 1.99. The first-order chi connectivity index (χ1) is 6.73. The van der Waals surface area contributed by atoms with E-state index in [9.17, 15) is 22.4 Å². The monoisotopic (exact) mass is 208 g/mol. The van der Waals surface area contributed by atoms with Gasteiger partial charge in [-0.3, -0.25) is 4.79 Å². The maximum absolute atomic E-state index is 13.0. The third-order valence-corrected chi connectivity index (χ3v) is 1.47. The van der Waals surface area contributed by atoms with Crippen LogP contribution in [0.15, 0.2) is 18.2 Å². The number of halogens is 4. The van der Waals surface area contributed by atoms with E-state index in [4.69, 9.17) is 7.10 Å². The fraction of sp³-hybridized carbons (Fsp3) is 0.125. The molecule has 2 N–H and O–H groups in total. The predicted octanol–water partition coefficient (Wildman–Crippen LogP) is 1.94. The zero-order chi connectivity index (χ0) is 11.8. The van der Waals surface area contributed by atoms with Crippen molar-refractivity contribution >= 4 is 5.91 Å². The summed E-state index contributed by atoms with van der Waals surface area (Å²) in [6, 6.07) is -0.392. The number of benzene rings is 1. The molecule has 1 amide bonds. The van der Waals surface area contributed by atoms with Crippen molar-refractivity contribution < 1.29 is 23.7 Å². The topological polar surface area (TPSA) is 43.1 Å². The van der Waals surface area contributed by atoms with Gasteiger partial charge in [0.05, 0.1) is 12.5 Å². The molecule has 0 heterocycles. The van der Waals surface area contributed by atoms with Gasteiger partial charge < -0.3 is 5.73 Å². The molecule has 14 heavy (non-hydrogen) atoms. The lowest BCUT2D eigenvalue weighted by molar-refractivity contribution is -0.137. The van der Waals surface area contributed by atoms with Crippen molar-refractivity contribution in [2.45, 2.75) is 6.18 Å². The molecule has 6 heteroatoms. The number of amides is 1. The van der Waals surface area contributed by atoms with Crippen molar-refractivity contribution in [3.63, 3.8) is 0 Å². The number of rotatable bonds is 1. The molecule has 0 aliphatic heterocycles. The lowest BCUT2D eigenvalue weighted by Crippen LogP contribution is -2.14. The van der Waals surface area contributed by atoms with Crippen LogP contribution in [-0.4, -0.2) is 5.91 Å². The summed E-state index contributed by atoms with van der Waals surface area (Å²) < 4.78 is 56.3. The van der Waals surface area contributed by atoms with Crippen molar-refractivity contribution in [2.75, 3.05) is 0 Å². The van der Waals surface area contributed by atoms with Crippen LogP contribution < -0.4 is 5.73 Å². The Morgan fingerprint density at radius 3 is 2.43 bits per heavy atom. The molecule has 0 unspecified atom stereocenters. The second-order valence-electron chi connectivity index (χ2n) is 2.47. The van der Waals surface area contributed by atoms with E-state index < -0.39 is 35.1 Å². The van der Waals surface area contributed by atoms with Crippen LogP contribution in [0.2, 0.25) is 0 Å². The van der Waals surface area contributed by atoms with Gasteiger partial charge in [0.1, 0.15) is 5.82 Å². The number of nitrogens with two attached hydrogens (primary N) is 1. The van der Waals surface area contributed by atoms with Crippen molar-refractivity contribution in [3.8, 4) is 0 Å². The van der Waals surface area contributed by atoms with Gasteiger partial charge in [-0.1, -0.05) is 0 Å². The van der Waals surface area contributed by atoms with E-state index in [-0.39, 0.29) is 6.07 Å². The maximum Gasteiger partial charge on any atom is 0.416 e. The van der Waals surface area contributed by atoms with Crippen LogP contribution in [0.4, 0.5) is 17.6 Å². The molecule has 0 aliphatic carbocycles. The minimum atomic E-state index is -4.76. The van der Waals surface area contributed by atoms with Gasteiger partial charge in [0.15, 0.2) is 0 Å². The number of hydrogen-bond donors (Lipinski definition) is 1. The quantitative estimate of drug-likeness (QED) is 0.704. The Balaban J connectivity index is 3.39. The van der Waals surface area contributed by atoms with Gasteiger partial charge in [0.2, 0.25) is 0 Å². The van der Waals surface area contributed by atoms with E-state index in [1.165, 1.54) is 0 Å². The van der Waals surface area contributed by atoms with Crippen LogP contribution in [0.25, 0.3) is 0 Å². The standard InChI is InChI=1S/C8H5F4NO/c9-6-3-4(8(10,11)12)1-2-5(6)7(13)14/h1-3H,(H2,13,14)/i2D. The van der Waals surface area contributed by atoms with Crippen LogP contribution in [0.5, 0.6) is 0 Å². The lowest BCUT2D eigenvalue weighted by atomic mass is 10.1. The van der Waals surface area contributed by atoms with Gasteiger partial charge in [0, 0.05) is 0 Å². The summed E-state index contributed by atoms with van der Waals surface area (Å²) >= 11 is 0. The first-order valence-electron chi connectivity index (χ1n) is 3.90. The number of carbonyl (C=O) groups is 1. The first-order valence-corrected chi connectivity index (χ1v) is 3.40. The summed E-state index contributed by atoms with van der Waals surface area (Å²) in [7, 11) is 0. The molecule has 0 saturated heterocycles. The molecule has 0 bridgehead atoms. The van der Waals surface area contributed by atoms with Gasteiger partial charge >= 0.3 is 6.18 Å². The third-order valence-electron chi connectivity index (χ3n) is 1.47. The van der Waals surface area contributed by atoms with Gasteiger partial charge in [-0.25, -0.2) is 4.39 Å². The first kappa shape index (κ1) is 8.98. The van der Waals surface area contributed by atoms with E-state index in [0.29, 0.717) is 6.07 Å². The van der Waals surface area contributed by atoms with Crippen LogP contribution in [0.1, 0.15) is 17.3 Å². The van der Waals surface area contributed by atoms with E-state index in [0.717, 1.165) is 0 Å². The molecule has 2 nitrogen and oxygen atoms in total. The molecule has 0 atom stereocenters. The SMILES string of the molecule is [2H]c1cc(C(F)(F)F)cc(F)c1C(N)=O. The second kappa shape index (κ2) is 3.28. The Morgan fingerprint density at radius 1 is 1.50 bits per heavy atom. The van der Waals surface area contributed by atoms with Crippen molar-refractivity contribution in [2.24, 2.45) is 5.73 Å². The summed E-state index contributed by atoms with van der Waals surface area (Å²) in [6.07, 6.45) is -4.76. The summed E-state index contributed by atoms with van der Waals surface area (Å²) in [4.78, 5) is 10.6. The normalized spacial score (nSPS) is 12.4. The van der Waals surface area contributed by atoms with E-state index in [2.05, 4.69) is 0 Å². The zero-order valence-corrected chi connectivity index (χ0v) is 6.65. The fourth-order valence-corrected chi connectivity index (χ4v) is 0.822. The second-order valence-corrected chi connectivity index (χ2v) is 2.47. The Hall–Kier alpha value is -1.59. The molecule has 0 aromatic heterocycles. The summed E-state index contributed by atoms with van der Waals surface area (Å²) in [5.74, 6) is -2.71. The number of alkyl halides is 3. The third kappa shape index (κ3) is 2.01. The molecular weight excluding hydrogens is 202 g/mol. The molecule has 0 radical (unpaired) electrons. The smallest absolute Gasteiger partial charge is 0.366 e. The number of primary amides is 1. The van der Waals surface area contributed by atoms with Crippen LogP contribution in [-0.2, 0) is 6.18 Å². The van der Waals surface area contributed by atoms with Crippen LogP contribution >= 0.6 is 0 Å². The molecule has 1 aromatic carbocycles. The predicted molar refractivity (Wildman–Crippen MR) is 39.9 cm³/mol. The van der Waals surface area contributed by atoms with Gasteiger partial charge in [-0.05, 0) is 18.2 Å². The Bertz CT molecular complexity index is 393. The summed E-state index contributed by atoms with van der Waals surface area (Å²) in [5.41, 5.74) is 2.53. The molecule has 0 fully saturated rings. The maximum atomic E-state index is 13.0. The largest absolute Gasteiger partial charge is 0.416 e. The molecule has 0 spiro atoms. The van der Waals surface area contributed by atoms with Gasteiger partial charge in [-0.2, -0.15) is 13.2 Å². The van der Waals surface area contributed by atoms with Crippen molar-refractivity contribution in [3.05, 3.63) is 35.1 Å². The Morgan fingerprint density at radius 2 is 2.07 bits per heavy atom. The lowest BCUT2D eigenvalue weighted by Gasteiger charge is -2.07. The molecule has 76 valence electrons. The molecular formula is C8H5F4NO. The van der Waals surface area contributed by atoms with Gasteiger partial charge in [-0.15, -0.1) is 0 Å². The minimum absolute atomic E-state index is 0.137. The van der Waals surface area contributed by atoms with Crippen LogP contribution in [0.3, 0.4) is 0 Å². The Labute approximate surface area is 77.7 Å². The van der Waals surface area contributed by atoms with Crippen LogP contribution in [0, 0.1) is 5.82 Å². The highest BCUT2D eigenvalue weighted by atomic mass is 19.4. The minimum Gasteiger partial charge on any atom is -0.366 e. The van der Waals surface area contributed by atoms with E-state index >= 15 is 0 Å². The molecule has 0 aliphatic rings. The average molecular weight is 208 g/mol. The van der Waals surface area contributed by atoms with Gasteiger partial charge in [0.25, 0.3) is 5.91 Å².